The van der Waals surface area contributed by atoms with E-state index in [1.165, 1.54) is 12.4 Å². The second-order valence-corrected chi connectivity index (χ2v) is 9.32. The normalized spacial score (nSPS) is 24.7. The van der Waals surface area contributed by atoms with Gasteiger partial charge in [0.15, 0.2) is 23.1 Å². The minimum Gasteiger partial charge on any atom is -0.394 e. The average molecular weight is 558 g/mol. The van der Waals surface area contributed by atoms with Crippen LogP contribution in [0.4, 0.5) is 13.2 Å². The van der Waals surface area contributed by atoms with Crippen LogP contribution in [-0.2, 0) is 4.74 Å². The number of nitrogens with zero attached hydrogens (tertiary/aromatic N) is 5. The molecule has 14 heteroatoms. The molecular weight excluding hydrogens is 543 g/mol. The molecule has 1 fully saturated rings. The van der Waals surface area contributed by atoms with Crippen LogP contribution in [0.2, 0.25) is 0 Å². The standard InChI is InChI=1S/C20H15BrF3N5O4S/c21-9-3-15(12(4-25)26-5-9)34-20-19(32)17(18(31)14(7-30)33-20)29-6-13(27-28-29)8-1-10(22)16(24)11(23)2-8/h1-3,5-6,14,17-20,30-32H,7H2/t14-,17+,18+,19-,20-/m1/s1. The van der Waals surface area contributed by atoms with E-state index in [2.05, 4.69) is 31.2 Å². The largest absolute Gasteiger partial charge is 0.394 e. The van der Waals surface area contributed by atoms with Crippen LogP contribution in [0.5, 0.6) is 0 Å². The highest BCUT2D eigenvalue weighted by Crippen LogP contribution is 2.39. The molecule has 34 heavy (non-hydrogen) atoms. The third-order valence-electron chi connectivity index (χ3n) is 5.11. The maximum absolute atomic E-state index is 13.6. The molecule has 3 N–H and O–H groups in total. The lowest BCUT2D eigenvalue weighted by molar-refractivity contribution is -0.178. The lowest BCUT2D eigenvalue weighted by Gasteiger charge is -2.41. The third-order valence-corrected chi connectivity index (χ3v) is 6.73. The summed E-state index contributed by atoms with van der Waals surface area (Å²) < 4.78 is 47.8. The molecule has 3 aromatic rings. The van der Waals surface area contributed by atoms with Gasteiger partial charge in [0, 0.05) is 21.1 Å². The van der Waals surface area contributed by atoms with E-state index < -0.39 is 53.8 Å². The smallest absolute Gasteiger partial charge is 0.194 e. The number of pyridine rings is 1. The zero-order chi connectivity index (χ0) is 24.6. The predicted molar refractivity (Wildman–Crippen MR) is 115 cm³/mol. The first-order valence-corrected chi connectivity index (χ1v) is 11.3. The van der Waals surface area contributed by atoms with Crippen molar-refractivity contribution < 1.29 is 33.2 Å². The second-order valence-electron chi connectivity index (χ2n) is 7.26. The number of aromatic nitrogens is 4. The van der Waals surface area contributed by atoms with Crippen LogP contribution in [0, 0.1) is 28.8 Å². The van der Waals surface area contributed by atoms with Crippen molar-refractivity contribution in [3.05, 3.63) is 58.2 Å². The number of halogens is 4. The van der Waals surface area contributed by atoms with Crippen molar-refractivity contribution in [1.29, 1.82) is 5.26 Å². The summed E-state index contributed by atoms with van der Waals surface area (Å²) in [5.74, 6) is -4.46. The number of thioether (sulfide) groups is 1. The van der Waals surface area contributed by atoms with Crippen LogP contribution in [0.15, 0.2) is 40.0 Å². The molecule has 0 saturated carbocycles. The highest BCUT2D eigenvalue weighted by molar-refractivity contribution is 9.10. The average Bonchev–Trinajstić information content (AvgIpc) is 3.29. The minimum atomic E-state index is -1.63. The van der Waals surface area contributed by atoms with Gasteiger partial charge in [-0.3, -0.25) is 0 Å². The van der Waals surface area contributed by atoms with Gasteiger partial charge in [-0.05, 0) is 34.1 Å². The molecule has 4 rings (SSSR count). The molecule has 0 radical (unpaired) electrons. The van der Waals surface area contributed by atoms with Gasteiger partial charge in [0.25, 0.3) is 0 Å². The molecule has 3 heterocycles. The molecule has 5 atom stereocenters. The maximum atomic E-state index is 13.6. The fourth-order valence-corrected chi connectivity index (χ4v) is 5.09. The zero-order valence-electron chi connectivity index (χ0n) is 16.9. The maximum Gasteiger partial charge on any atom is 0.194 e. The fraction of sp³-hybridized carbons (Fsp3) is 0.300. The van der Waals surface area contributed by atoms with Crippen molar-refractivity contribution in [2.45, 2.75) is 34.7 Å². The Balaban J connectivity index is 1.66. The molecule has 1 saturated heterocycles. The van der Waals surface area contributed by atoms with Crippen molar-refractivity contribution in [1.82, 2.24) is 20.0 Å². The Hall–Kier alpha value is -2.54. The van der Waals surface area contributed by atoms with E-state index >= 15 is 0 Å². The second kappa shape index (κ2) is 9.98. The lowest BCUT2D eigenvalue weighted by atomic mass is 9.97. The number of benzene rings is 1. The third kappa shape index (κ3) is 4.67. The van der Waals surface area contributed by atoms with E-state index in [0.717, 1.165) is 28.6 Å². The van der Waals surface area contributed by atoms with Crippen molar-refractivity contribution in [3.63, 3.8) is 0 Å². The van der Waals surface area contributed by atoms with Gasteiger partial charge < -0.3 is 20.1 Å². The Morgan fingerprint density at radius 2 is 1.88 bits per heavy atom. The topological polar surface area (TPSA) is 137 Å². The number of aliphatic hydroxyl groups is 3. The van der Waals surface area contributed by atoms with E-state index in [4.69, 9.17) is 4.74 Å². The van der Waals surface area contributed by atoms with E-state index in [1.807, 2.05) is 6.07 Å². The van der Waals surface area contributed by atoms with Crippen LogP contribution in [0.25, 0.3) is 11.3 Å². The summed E-state index contributed by atoms with van der Waals surface area (Å²) >= 11 is 4.22. The number of ether oxygens (including phenoxy) is 1. The molecule has 0 amide bonds. The van der Waals surface area contributed by atoms with Gasteiger partial charge in [-0.1, -0.05) is 17.0 Å². The Morgan fingerprint density at radius 3 is 2.53 bits per heavy atom. The first-order chi connectivity index (χ1) is 16.2. The summed E-state index contributed by atoms with van der Waals surface area (Å²) in [5.41, 5.74) is -1.14. The Bertz CT molecular complexity index is 1240. The number of rotatable bonds is 5. The molecule has 2 aromatic heterocycles. The first-order valence-electron chi connectivity index (χ1n) is 9.65. The van der Waals surface area contributed by atoms with Gasteiger partial charge in [-0.15, -0.1) is 5.10 Å². The van der Waals surface area contributed by atoms with E-state index in [-0.39, 0.29) is 17.0 Å². The van der Waals surface area contributed by atoms with Gasteiger partial charge in [-0.2, -0.15) is 5.26 Å². The van der Waals surface area contributed by atoms with Crippen molar-refractivity contribution >= 4 is 27.7 Å². The molecule has 0 bridgehead atoms. The number of hydrogen-bond acceptors (Lipinski definition) is 9. The van der Waals surface area contributed by atoms with E-state index in [1.54, 1.807) is 6.07 Å². The molecule has 0 aliphatic carbocycles. The van der Waals surface area contributed by atoms with Crippen LogP contribution in [0.3, 0.4) is 0 Å². The quantitative estimate of drug-likeness (QED) is 0.403. The van der Waals surface area contributed by atoms with Crippen molar-refractivity contribution in [3.8, 4) is 17.3 Å². The van der Waals surface area contributed by atoms with E-state index in [0.29, 0.717) is 9.37 Å². The predicted octanol–water partition coefficient (Wildman–Crippen LogP) is 2.16. The molecule has 1 aromatic carbocycles. The molecule has 0 unspecified atom stereocenters. The molecule has 1 aliphatic heterocycles. The van der Waals surface area contributed by atoms with Gasteiger partial charge >= 0.3 is 0 Å². The highest BCUT2D eigenvalue weighted by Gasteiger charge is 2.46. The summed E-state index contributed by atoms with van der Waals surface area (Å²) in [6.45, 7) is -0.598. The molecule has 0 spiro atoms. The van der Waals surface area contributed by atoms with Crippen LogP contribution in [0.1, 0.15) is 11.7 Å². The van der Waals surface area contributed by atoms with Crippen LogP contribution in [-0.4, -0.2) is 65.7 Å². The van der Waals surface area contributed by atoms with Gasteiger partial charge in [0.2, 0.25) is 0 Å². The summed E-state index contributed by atoms with van der Waals surface area (Å²) in [4.78, 5) is 4.37. The number of aliphatic hydroxyl groups excluding tert-OH is 3. The summed E-state index contributed by atoms with van der Waals surface area (Å²) in [5, 5.41) is 48.4. The van der Waals surface area contributed by atoms with Gasteiger partial charge in [-0.25, -0.2) is 22.8 Å². The highest BCUT2D eigenvalue weighted by atomic mass is 79.9. The Labute approximate surface area is 202 Å². The molecule has 1 aliphatic rings. The molecule has 9 nitrogen and oxygen atoms in total. The summed E-state index contributed by atoms with van der Waals surface area (Å²) in [6, 6.07) is 3.82. The number of nitriles is 1. The molecular formula is C20H15BrF3N5O4S. The first kappa shape index (κ1) is 24.6. The Kier molecular flexibility index (Phi) is 7.22. The van der Waals surface area contributed by atoms with Crippen LogP contribution < -0.4 is 0 Å². The van der Waals surface area contributed by atoms with Crippen molar-refractivity contribution in [2.24, 2.45) is 0 Å². The minimum absolute atomic E-state index is 0.0450. The van der Waals surface area contributed by atoms with E-state index in [9.17, 15) is 33.8 Å². The SMILES string of the molecule is N#Cc1ncc(Br)cc1S[C@H]1O[C@H](CO)[C@H](O)[C@H](n2cc(-c3cc(F)c(F)c(F)c3)nn2)[C@H]1O. The molecule has 178 valence electrons. The van der Waals surface area contributed by atoms with Gasteiger partial charge in [0.1, 0.15) is 41.6 Å². The number of hydrogen-bond donors (Lipinski definition) is 3. The summed E-state index contributed by atoms with van der Waals surface area (Å²) in [6.07, 6.45) is -1.35. The monoisotopic (exact) mass is 557 g/mol. The Morgan fingerprint density at radius 1 is 1.18 bits per heavy atom. The summed E-state index contributed by atoms with van der Waals surface area (Å²) in [7, 11) is 0. The lowest BCUT2D eigenvalue weighted by Crippen LogP contribution is -2.55. The fourth-order valence-electron chi connectivity index (χ4n) is 3.46. The zero-order valence-corrected chi connectivity index (χ0v) is 19.3. The van der Waals surface area contributed by atoms with Crippen molar-refractivity contribution in [2.75, 3.05) is 6.61 Å². The van der Waals surface area contributed by atoms with Crippen LogP contribution >= 0.6 is 27.7 Å². The van der Waals surface area contributed by atoms with Gasteiger partial charge in [0.05, 0.1) is 12.8 Å².